The number of nitrogens with zero attached hydrogens (tertiary/aromatic N) is 3. The standard InChI is InChI=1S/C28H39N3O6/c1-9-25(32)31-11-10-19-20(15-30(6)27(34)21(19)16-31)18-12-23(35-7)22(24(13-18)36-8)14-29(5)17-26(33)37-28(2,3)4/h12-13,15H,9-11,14,16-17H2,1-8H3. The fraction of sp³-hybridized carbons (Fsp3) is 0.536. The van der Waals surface area contributed by atoms with Gasteiger partial charge in [-0.2, -0.15) is 0 Å². The maximum Gasteiger partial charge on any atom is 0.320 e. The van der Waals surface area contributed by atoms with E-state index in [0.29, 0.717) is 49.5 Å². The summed E-state index contributed by atoms with van der Waals surface area (Å²) in [5, 5.41) is 0. The van der Waals surface area contributed by atoms with Crippen LogP contribution in [0.3, 0.4) is 0 Å². The molecule has 1 aliphatic heterocycles. The van der Waals surface area contributed by atoms with Crippen molar-refractivity contribution >= 4 is 11.9 Å². The van der Waals surface area contributed by atoms with Crippen molar-refractivity contribution in [3.8, 4) is 22.6 Å². The molecule has 0 saturated heterocycles. The molecule has 0 atom stereocenters. The van der Waals surface area contributed by atoms with Gasteiger partial charge in [0.05, 0.1) is 32.9 Å². The van der Waals surface area contributed by atoms with Crippen molar-refractivity contribution in [1.82, 2.24) is 14.4 Å². The number of fused-ring (bicyclic) bond motifs is 1. The van der Waals surface area contributed by atoms with Crippen LogP contribution in [0.1, 0.15) is 50.8 Å². The van der Waals surface area contributed by atoms with Crippen molar-refractivity contribution in [2.45, 2.75) is 59.2 Å². The van der Waals surface area contributed by atoms with Crippen LogP contribution in [0.2, 0.25) is 0 Å². The number of methoxy groups -OCH3 is 2. The molecule has 2 aromatic rings. The fourth-order valence-corrected chi connectivity index (χ4v) is 4.70. The van der Waals surface area contributed by atoms with Crippen molar-refractivity contribution in [3.05, 3.63) is 45.4 Å². The fourth-order valence-electron chi connectivity index (χ4n) is 4.70. The second-order valence-corrected chi connectivity index (χ2v) is 10.5. The lowest BCUT2D eigenvalue weighted by molar-refractivity contribution is -0.155. The average molecular weight is 514 g/mol. The van der Waals surface area contributed by atoms with Crippen molar-refractivity contribution in [2.75, 3.05) is 34.4 Å². The number of hydrogen-bond donors (Lipinski definition) is 0. The van der Waals surface area contributed by atoms with Gasteiger partial charge in [0.25, 0.3) is 5.56 Å². The van der Waals surface area contributed by atoms with E-state index in [1.165, 1.54) is 0 Å². The van der Waals surface area contributed by atoms with E-state index in [4.69, 9.17) is 14.2 Å². The predicted molar refractivity (Wildman–Crippen MR) is 142 cm³/mol. The Hall–Kier alpha value is -3.33. The molecule has 1 aromatic carbocycles. The van der Waals surface area contributed by atoms with E-state index in [0.717, 1.165) is 22.3 Å². The molecule has 0 aliphatic carbocycles. The Balaban J connectivity index is 1.99. The van der Waals surface area contributed by atoms with E-state index < -0.39 is 5.60 Å². The maximum atomic E-state index is 13.0. The number of aryl methyl sites for hydroxylation is 1. The molecule has 37 heavy (non-hydrogen) atoms. The molecule has 3 rings (SSSR count). The largest absolute Gasteiger partial charge is 0.496 e. The lowest BCUT2D eigenvalue weighted by Gasteiger charge is -2.30. The van der Waals surface area contributed by atoms with E-state index in [9.17, 15) is 14.4 Å². The van der Waals surface area contributed by atoms with Crippen LogP contribution >= 0.6 is 0 Å². The summed E-state index contributed by atoms with van der Waals surface area (Å²) >= 11 is 0. The third-order valence-corrected chi connectivity index (χ3v) is 6.39. The number of amides is 1. The summed E-state index contributed by atoms with van der Waals surface area (Å²) in [5.74, 6) is 0.969. The molecule has 1 aliphatic rings. The van der Waals surface area contributed by atoms with Gasteiger partial charge in [-0.25, -0.2) is 0 Å². The number of hydrogen-bond acceptors (Lipinski definition) is 7. The molecule has 0 bridgehead atoms. The Labute approximate surface area is 218 Å². The smallest absolute Gasteiger partial charge is 0.320 e. The monoisotopic (exact) mass is 513 g/mol. The van der Waals surface area contributed by atoms with Crippen LogP contribution in [0.5, 0.6) is 11.5 Å². The number of esters is 1. The zero-order valence-corrected chi connectivity index (χ0v) is 23.3. The number of carbonyl (C=O) groups excluding carboxylic acids is 2. The summed E-state index contributed by atoms with van der Waals surface area (Å²) < 4.78 is 18.5. The minimum Gasteiger partial charge on any atom is -0.496 e. The highest BCUT2D eigenvalue weighted by Crippen LogP contribution is 2.38. The van der Waals surface area contributed by atoms with Gasteiger partial charge in [0.15, 0.2) is 0 Å². The van der Waals surface area contributed by atoms with Crippen LogP contribution < -0.4 is 15.0 Å². The molecule has 1 amide bonds. The Kier molecular flexibility index (Phi) is 8.68. The average Bonchev–Trinajstić information content (AvgIpc) is 2.84. The number of rotatable bonds is 8. The highest BCUT2D eigenvalue weighted by atomic mass is 16.6. The van der Waals surface area contributed by atoms with Gasteiger partial charge in [-0.05, 0) is 57.5 Å². The molecular formula is C28H39N3O6. The predicted octanol–water partition coefficient (Wildman–Crippen LogP) is 3.14. The summed E-state index contributed by atoms with van der Waals surface area (Å²) in [5.41, 5.74) is 3.52. The van der Waals surface area contributed by atoms with Crippen LogP contribution in [0.4, 0.5) is 0 Å². The number of aromatic nitrogens is 1. The molecule has 9 nitrogen and oxygen atoms in total. The molecule has 0 unspecified atom stereocenters. The Morgan fingerprint density at radius 3 is 2.24 bits per heavy atom. The SMILES string of the molecule is CCC(=O)N1CCc2c(-c3cc(OC)c(CN(C)CC(=O)OC(C)(C)C)c(OC)c3)cn(C)c(=O)c2C1. The summed E-state index contributed by atoms with van der Waals surface area (Å²) in [6, 6.07) is 3.87. The quantitative estimate of drug-likeness (QED) is 0.501. The zero-order chi connectivity index (χ0) is 27.5. The van der Waals surface area contributed by atoms with Gasteiger partial charge in [0.2, 0.25) is 5.91 Å². The molecule has 0 saturated carbocycles. The normalized spacial score (nSPS) is 13.4. The first kappa shape index (κ1) is 28.2. The van der Waals surface area contributed by atoms with Crippen LogP contribution in [0, 0.1) is 0 Å². The van der Waals surface area contributed by atoms with Crippen LogP contribution in [0.25, 0.3) is 11.1 Å². The van der Waals surface area contributed by atoms with Crippen molar-refractivity contribution in [1.29, 1.82) is 0 Å². The maximum absolute atomic E-state index is 13.0. The van der Waals surface area contributed by atoms with Gasteiger partial charge < -0.3 is 23.7 Å². The van der Waals surface area contributed by atoms with E-state index in [1.807, 2.05) is 58.0 Å². The molecular weight excluding hydrogens is 474 g/mol. The first-order chi connectivity index (χ1) is 17.4. The molecule has 202 valence electrons. The van der Waals surface area contributed by atoms with Gasteiger partial charge in [-0.3, -0.25) is 19.3 Å². The third-order valence-electron chi connectivity index (χ3n) is 6.39. The van der Waals surface area contributed by atoms with E-state index in [2.05, 4.69) is 0 Å². The highest BCUT2D eigenvalue weighted by molar-refractivity contribution is 5.77. The second-order valence-electron chi connectivity index (χ2n) is 10.5. The Bertz CT molecular complexity index is 1200. The Morgan fingerprint density at radius 2 is 1.70 bits per heavy atom. The van der Waals surface area contributed by atoms with E-state index in [-0.39, 0.29) is 24.0 Å². The summed E-state index contributed by atoms with van der Waals surface area (Å²) in [4.78, 5) is 41.2. The topological polar surface area (TPSA) is 90.3 Å². The molecule has 0 radical (unpaired) electrons. The minimum atomic E-state index is -0.551. The number of ether oxygens (including phenoxy) is 3. The molecule has 9 heteroatoms. The molecule has 0 spiro atoms. The first-order valence-corrected chi connectivity index (χ1v) is 12.5. The van der Waals surface area contributed by atoms with Crippen LogP contribution in [0.15, 0.2) is 23.1 Å². The van der Waals surface area contributed by atoms with Gasteiger partial charge in [0, 0.05) is 43.9 Å². The number of pyridine rings is 1. The zero-order valence-electron chi connectivity index (χ0n) is 23.3. The lowest BCUT2D eigenvalue weighted by atomic mass is 9.91. The summed E-state index contributed by atoms with van der Waals surface area (Å²) in [7, 11) is 6.76. The Morgan fingerprint density at radius 1 is 1.08 bits per heavy atom. The minimum absolute atomic E-state index is 0.0429. The summed E-state index contributed by atoms with van der Waals surface area (Å²) in [6.07, 6.45) is 2.84. The number of benzene rings is 1. The van der Waals surface area contributed by atoms with E-state index in [1.54, 1.807) is 30.7 Å². The molecule has 0 fully saturated rings. The molecule has 0 N–H and O–H groups in total. The summed E-state index contributed by atoms with van der Waals surface area (Å²) in [6.45, 7) is 8.76. The second kappa shape index (κ2) is 11.4. The molecule has 2 heterocycles. The first-order valence-electron chi connectivity index (χ1n) is 12.5. The van der Waals surface area contributed by atoms with Crippen LogP contribution in [-0.2, 0) is 40.9 Å². The number of carbonyl (C=O) groups is 2. The van der Waals surface area contributed by atoms with Gasteiger partial charge in [-0.1, -0.05) is 6.92 Å². The van der Waals surface area contributed by atoms with Gasteiger partial charge >= 0.3 is 5.97 Å². The van der Waals surface area contributed by atoms with Crippen molar-refractivity contribution in [2.24, 2.45) is 7.05 Å². The van der Waals surface area contributed by atoms with Crippen molar-refractivity contribution < 1.29 is 23.8 Å². The van der Waals surface area contributed by atoms with Crippen LogP contribution in [-0.4, -0.2) is 66.2 Å². The van der Waals surface area contributed by atoms with Crippen molar-refractivity contribution in [3.63, 3.8) is 0 Å². The van der Waals surface area contributed by atoms with Gasteiger partial charge in [-0.15, -0.1) is 0 Å². The van der Waals surface area contributed by atoms with E-state index >= 15 is 0 Å². The molecule has 1 aromatic heterocycles. The highest BCUT2D eigenvalue weighted by Gasteiger charge is 2.27. The van der Waals surface area contributed by atoms with Gasteiger partial charge in [0.1, 0.15) is 17.1 Å². The lowest BCUT2D eigenvalue weighted by Crippen LogP contribution is -2.40. The third kappa shape index (κ3) is 6.52. The number of likely N-dealkylation sites (N-methyl/N-ethyl adjacent to an activating group) is 1.